The van der Waals surface area contributed by atoms with Crippen LogP contribution >= 0.6 is 0 Å². The van der Waals surface area contributed by atoms with Gasteiger partial charge in [0.15, 0.2) is 5.82 Å². The Morgan fingerprint density at radius 3 is 2.59 bits per heavy atom. The zero-order valence-electron chi connectivity index (χ0n) is 16.6. The predicted molar refractivity (Wildman–Crippen MR) is 116 cm³/mol. The van der Waals surface area contributed by atoms with Crippen LogP contribution in [0.5, 0.6) is 0 Å². The molecule has 1 aromatic heterocycles. The summed E-state index contributed by atoms with van der Waals surface area (Å²) in [6, 6.07) is 10.0. The van der Waals surface area contributed by atoms with Crippen molar-refractivity contribution in [3.63, 3.8) is 0 Å². The molecule has 1 aliphatic carbocycles. The Morgan fingerprint density at radius 2 is 1.90 bits per heavy atom. The first-order valence-electron chi connectivity index (χ1n) is 9.93. The molecule has 1 saturated heterocycles. The molecule has 2 aliphatic rings. The van der Waals surface area contributed by atoms with E-state index in [1.165, 1.54) is 5.69 Å². The lowest BCUT2D eigenvalue weighted by atomic mass is 10.2. The number of hydrogen-bond acceptors (Lipinski definition) is 7. The van der Waals surface area contributed by atoms with Gasteiger partial charge in [-0.1, -0.05) is 0 Å². The van der Waals surface area contributed by atoms with Crippen LogP contribution in [0.4, 0.5) is 23.1 Å². The number of amidine groups is 1. The molecule has 1 saturated carbocycles. The smallest absolute Gasteiger partial charge is 0.229 e. The van der Waals surface area contributed by atoms with Crippen molar-refractivity contribution in [2.24, 2.45) is 22.4 Å². The van der Waals surface area contributed by atoms with Crippen LogP contribution in [-0.2, 0) is 4.74 Å². The van der Waals surface area contributed by atoms with Gasteiger partial charge >= 0.3 is 0 Å². The quantitative estimate of drug-likeness (QED) is 0.510. The number of aliphatic imine (C=N–C) groups is 1. The summed E-state index contributed by atoms with van der Waals surface area (Å²) in [4.78, 5) is 15.6. The average molecular weight is 393 g/mol. The molecule has 2 aromatic rings. The molecule has 152 valence electrons. The number of nitrogens with zero attached hydrogens (tertiary/aromatic N) is 4. The van der Waals surface area contributed by atoms with Crippen LogP contribution in [0.25, 0.3) is 0 Å². The first-order valence-corrected chi connectivity index (χ1v) is 9.93. The third kappa shape index (κ3) is 5.23. The number of hydrogen-bond donors (Lipinski definition) is 3. The summed E-state index contributed by atoms with van der Waals surface area (Å²) >= 11 is 0. The lowest BCUT2D eigenvalue weighted by Gasteiger charge is -2.28. The number of nitrogens with two attached hydrogens (primary N) is 2. The van der Waals surface area contributed by atoms with Crippen molar-refractivity contribution in [1.82, 2.24) is 9.97 Å². The van der Waals surface area contributed by atoms with Gasteiger partial charge in [0, 0.05) is 41.9 Å². The van der Waals surface area contributed by atoms with Crippen LogP contribution in [-0.4, -0.2) is 42.1 Å². The van der Waals surface area contributed by atoms with Crippen molar-refractivity contribution in [3.8, 4) is 0 Å². The van der Waals surface area contributed by atoms with E-state index in [9.17, 15) is 0 Å². The van der Waals surface area contributed by atoms with Crippen LogP contribution in [0.15, 0.2) is 47.1 Å². The summed E-state index contributed by atoms with van der Waals surface area (Å²) in [5.41, 5.74) is 15.7. The van der Waals surface area contributed by atoms with Gasteiger partial charge in [0.25, 0.3) is 0 Å². The van der Waals surface area contributed by atoms with E-state index >= 15 is 0 Å². The fourth-order valence-electron chi connectivity index (χ4n) is 3.24. The summed E-state index contributed by atoms with van der Waals surface area (Å²) in [5, 5.41) is 3.24. The molecule has 5 N–H and O–H groups in total. The topological polar surface area (TPSA) is 115 Å². The largest absolute Gasteiger partial charge is 0.402 e. The molecule has 4 rings (SSSR count). The molecular weight excluding hydrogens is 366 g/mol. The Bertz CT molecular complexity index is 913. The maximum absolute atomic E-state index is 6.01. The fourth-order valence-corrected chi connectivity index (χ4v) is 3.24. The minimum atomic E-state index is 0.355. The Hall–Kier alpha value is -3.13. The maximum atomic E-state index is 6.01. The zero-order valence-corrected chi connectivity index (χ0v) is 16.6. The monoisotopic (exact) mass is 393 g/mol. The number of ether oxygens (including phenoxy) is 1. The van der Waals surface area contributed by atoms with E-state index < -0.39 is 0 Å². The highest BCUT2D eigenvalue weighted by Crippen LogP contribution is 2.33. The molecule has 0 unspecified atom stereocenters. The number of aryl methyl sites for hydroxylation is 1. The standard InChI is InChI=1S/C21H27N7O/c1-14-12-20(26-19(23)13-18(22)15-2-3-15)27-21(24-14)25-16-4-6-17(7-5-16)28-8-10-29-11-9-28/h4-7,12-13,15H,2-3,8-11,22H2,1H3,(H3,23,24,25,26,27). The van der Waals surface area contributed by atoms with Gasteiger partial charge in [-0.2, -0.15) is 4.98 Å². The van der Waals surface area contributed by atoms with Crippen LogP contribution in [0.1, 0.15) is 18.5 Å². The van der Waals surface area contributed by atoms with Crippen LogP contribution in [0.2, 0.25) is 0 Å². The molecule has 0 atom stereocenters. The third-order valence-electron chi connectivity index (χ3n) is 4.95. The van der Waals surface area contributed by atoms with E-state index in [4.69, 9.17) is 16.2 Å². The van der Waals surface area contributed by atoms with Crippen LogP contribution < -0.4 is 21.7 Å². The molecule has 2 fully saturated rings. The normalized spacial score (nSPS) is 18.0. The van der Waals surface area contributed by atoms with Gasteiger partial charge in [-0.05, 0) is 56.0 Å². The Labute approximate surface area is 170 Å². The van der Waals surface area contributed by atoms with E-state index in [2.05, 4.69) is 37.3 Å². The lowest BCUT2D eigenvalue weighted by molar-refractivity contribution is 0.122. The maximum Gasteiger partial charge on any atom is 0.229 e. The van der Waals surface area contributed by atoms with Gasteiger partial charge in [-0.3, -0.25) is 0 Å². The first kappa shape index (κ1) is 19.2. The van der Waals surface area contributed by atoms with E-state index in [0.29, 0.717) is 23.5 Å². The van der Waals surface area contributed by atoms with Gasteiger partial charge in [0.1, 0.15) is 5.84 Å². The van der Waals surface area contributed by atoms with Gasteiger partial charge in [-0.25, -0.2) is 9.98 Å². The number of rotatable bonds is 6. The number of nitrogens with one attached hydrogen (secondary N) is 1. The summed E-state index contributed by atoms with van der Waals surface area (Å²) < 4.78 is 5.41. The summed E-state index contributed by atoms with van der Waals surface area (Å²) in [6.07, 6.45) is 3.98. The SMILES string of the molecule is Cc1cc(N=C(N)C=C(N)C2CC2)nc(Nc2ccc(N3CCOCC3)cc2)n1. The van der Waals surface area contributed by atoms with Crippen molar-refractivity contribution in [1.29, 1.82) is 0 Å². The molecule has 0 radical (unpaired) electrons. The highest BCUT2D eigenvalue weighted by Gasteiger charge is 2.24. The van der Waals surface area contributed by atoms with E-state index in [-0.39, 0.29) is 0 Å². The molecular formula is C21H27N7O. The lowest BCUT2D eigenvalue weighted by Crippen LogP contribution is -2.36. The van der Waals surface area contributed by atoms with Crippen molar-refractivity contribution >= 4 is 29.0 Å². The molecule has 0 amide bonds. The predicted octanol–water partition coefficient (Wildman–Crippen LogP) is 2.61. The zero-order chi connectivity index (χ0) is 20.2. The molecule has 0 bridgehead atoms. The summed E-state index contributed by atoms with van der Waals surface area (Å²) in [6.45, 7) is 5.26. The highest BCUT2D eigenvalue weighted by atomic mass is 16.5. The molecule has 1 aromatic carbocycles. The second-order valence-corrected chi connectivity index (χ2v) is 7.42. The minimum Gasteiger partial charge on any atom is -0.402 e. The molecule has 8 nitrogen and oxygen atoms in total. The minimum absolute atomic E-state index is 0.355. The van der Waals surface area contributed by atoms with Gasteiger partial charge in [0.2, 0.25) is 5.95 Å². The molecule has 2 heterocycles. The first-order chi connectivity index (χ1) is 14.1. The van der Waals surface area contributed by atoms with Crippen molar-refractivity contribution in [2.75, 3.05) is 36.5 Å². The van der Waals surface area contributed by atoms with E-state index in [0.717, 1.165) is 56.2 Å². The van der Waals surface area contributed by atoms with Gasteiger partial charge in [-0.15, -0.1) is 0 Å². The number of aromatic nitrogens is 2. The summed E-state index contributed by atoms with van der Waals surface area (Å²) in [7, 11) is 0. The van der Waals surface area contributed by atoms with Crippen molar-refractivity contribution in [3.05, 3.63) is 47.8 Å². The van der Waals surface area contributed by atoms with E-state index in [1.54, 1.807) is 12.1 Å². The summed E-state index contributed by atoms with van der Waals surface area (Å²) in [5.74, 6) is 1.79. The van der Waals surface area contributed by atoms with Crippen LogP contribution in [0, 0.1) is 12.8 Å². The van der Waals surface area contributed by atoms with Gasteiger partial charge < -0.3 is 26.4 Å². The average Bonchev–Trinajstić information content (AvgIpc) is 3.54. The Morgan fingerprint density at radius 1 is 1.17 bits per heavy atom. The number of morpholine rings is 1. The third-order valence-corrected chi connectivity index (χ3v) is 4.95. The van der Waals surface area contributed by atoms with E-state index in [1.807, 2.05) is 19.1 Å². The van der Waals surface area contributed by atoms with Crippen molar-refractivity contribution < 1.29 is 4.74 Å². The molecule has 1 aliphatic heterocycles. The van der Waals surface area contributed by atoms with Crippen LogP contribution in [0.3, 0.4) is 0 Å². The Balaban J connectivity index is 1.46. The second kappa shape index (κ2) is 8.48. The molecule has 29 heavy (non-hydrogen) atoms. The number of benzene rings is 1. The van der Waals surface area contributed by atoms with Crippen molar-refractivity contribution in [2.45, 2.75) is 19.8 Å². The fraction of sp³-hybridized carbons (Fsp3) is 0.381. The van der Waals surface area contributed by atoms with Gasteiger partial charge in [0.05, 0.1) is 13.2 Å². The molecule has 8 heteroatoms. The number of allylic oxidation sites excluding steroid dienone is 1. The highest BCUT2D eigenvalue weighted by molar-refractivity contribution is 5.93. The second-order valence-electron chi connectivity index (χ2n) is 7.42. The molecule has 0 spiro atoms. The number of anilines is 3. The Kier molecular flexibility index (Phi) is 5.62.